The Morgan fingerprint density at radius 2 is 1.80 bits per heavy atom. The van der Waals surface area contributed by atoms with Gasteiger partial charge in [-0.2, -0.15) is 0 Å². The lowest BCUT2D eigenvalue weighted by atomic mass is 9.87. The maximum atomic E-state index is 12.5. The van der Waals surface area contributed by atoms with Crippen molar-refractivity contribution in [3.05, 3.63) is 35.5 Å². The van der Waals surface area contributed by atoms with Crippen LogP contribution in [-0.4, -0.2) is 47.9 Å². The molecule has 1 heterocycles. The van der Waals surface area contributed by atoms with E-state index in [4.69, 9.17) is 18.7 Å². The van der Waals surface area contributed by atoms with Crippen LogP contribution >= 0.6 is 0 Å². The Morgan fingerprint density at radius 3 is 2.51 bits per heavy atom. The fourth-order valence-electron chi connectivity index (χ4n) is 5.07. The molecule has 0 bridgehead atoms. The number of nitrogens with zero attached hydrogens (tertiary/aromatic N) is 2. The van der Waals surface area contributed by atoms with Gasteiger partial charge in [0.1, 0.15) is 12.4 Å². The highest BCUT2D eigenvalue weighted by Crippen LogP contribution is 2.32. The first-order valence-electron chi connectivity index (χ1n) is 12.7. The molecule has 190 valence electrons. The van der Waals surface area contributed by atoms with E-state index in [-0.39, 0.29) is 36.7 Å². The van der Waals surface area contributed by atoms with E-state index in [9.17, 15) is 9.59 Å². The minimum Gasteiger partial charge on any atom is -0.490 e. The van der Waals surface area contributed by atoms with E-state index >= 15 is 0 Å². The molecule has 2 saturated carbocycles. The largest absolute Gasteiger partial charge is 0.490 e. The quantitative estimate of drug-likeness (QED) is 0.446. The summed E-state index contributed by atoms with van der Waals surface area (Å²) >= 11 is 0. The summed E-state index contributed by atoms with van der Waals surface area (Å²) in [4.78, 5) is 26.3. The molecule has 1 aromatic carbocycles. The van der Waals surface area contributed by atoms with Crippen LogP contribution in [0.2, 0.25) is 0 Å². The van der Waals surface area contributed by atoms with Gasteiger partial charge in [-0.1, -0.05) is 18.0 Å². The Morgan fingerprint density at radius 1 is 1.06 bits per heavy atom. The molecule has 0 N–H and O–H groups in total. The first-order chi connectivity index (χ1) is 17.0. The zero-order chi connectivity index (χ0) is 24.8. The van der Waals surface area contributed by atoms with Crippen LogP contribution in [0.5, 0.6) is 5.75 Å². The number of esters is 1. The Hall–Kier alpha value is -3.03. The SMILES string of the molecule is CCOC(=O)C1CCCC(Oc2ccc(-c3onc(C)c3COC(=O)N(C)C3CCCC3)cc2)C1. The zero-order valence-corrected chi connectivity index (χ0v) is 21.0. The standard InChI is InChI=1S/C27H36N2O6/c1-4-32-26(30)20-8-7-11-23(16-20)34-22-14-12-19(13-15-22)25-24(18(2)28-35-25)17-33-27(31)29(3)21-9-5-6-10-21/h12-15,20-21,23H,4-11,16-17H2,1-3H3. The summed E-state index contributed by atoms with van der Waals surface area (Å²) in [5.74, 6) is 1.11. The molecule has 0 spiro atoms. The Bertz CT molecular complexity index is 996. The maximum absolute atomic E-state index is 12.5. The molecule has 2 aliphatic carbocycles. The van der Waals surface area contributed by atoms with Gasteiger partial charge in [0.15, 0.2) is 5.76 Å². The van der Waals surface area contributed by atoms with Crippen molar-refractivity contribution in [3.8, 4) is 17.1 Å². The number of ether oxygens (including phenoxy) is 3. The van der Waals surface area contributed by atoms with Gasteiger partial charge in [-0.25, -0.2) is 4.79 Å². The average molecular weight is 485 g/mol. The third kappa shape index (κ3) is 6.16. The van der Waals surface area contributed by atoms with Gasteiger partial charge in [0.05, 0.1) is 29.9 Å². The van der Waals surface area contributed by atoms with Gasteiger partial charge in [-0.3, -0.25) is 4.79 Å². The normalized spacial score (nSPS) is 20.4. The van der Waals surface area contributed by atoms with E-state index in [0.29, 0.717) is 24.5 Å². The predicted octanol–water partition coefficient (Wildman–Crippen LogP) is 5.66. The molecule has 35 heavy (non-hydrogen) atoms. The van der Waals surface area contributed by atoms with Crippen LogP contribution in [-0.2, 0) is 20.9 Å². The van der Waals surface area contributed by atoms with Crippen LogP contribution in [0.15, 0.2) is 28.8 Å². The van der Waals surface area contributed by atoms with Gasteiger partial charge in [0.2, 0.25) is 0 Å². The Labute approximate surface area is 206 Å². The highest BCUT2D eigenvalue weighted by molar-refractivity contribution is 5.72. The van der Waals surface area contributed by atoms with Gasteiger partial charge < -0.3 is 23.6 Å². The lowest BCUT2D eigenvalue weighted by Crippen LogP contribution is -2.35. The van der Waals surface area contributed by atoms with Crippen LogP contribution in [0.25, 0.3) is 11.3 Å². The number of aromatic nitrogens is 1. The Balaban J connectivity index is 1.36. The molecular formula is C27H36N2O6. The summed E-state index contributed by atoms with van der Waals surface area (Å²) in [6.45, 7) is 4.19. The van der Waals surface area contributed by atoms with Crippen molar-refractivity contribution >= 4 is 12.1 Å². The highest BCUT2D eigenvalue weighted by Gasteiger charge is 2.29. The van der Waals surface area contributed by atoms with Crippen molar-refractivity contribution in [1.82, 2.24) is 10.1 Å². The molecule has 1 amide bonds. The second kappa shape index (κ2) is 11.6. The summed E-state index contributed by atoms with van der Waals surface area (Å²) in [7, 11) is 1.81. The number of carbonyl (C=O) groups excluding carboxylic acids is 2. The van der Waals surface area contributed by atoms with Gasteiger partial charge in [-0.15, -0.1) is 0 Å². The minimum absolute atomic E-state index is 0.0108. The lowest BCUT2D eigenvalue weighted by molar-refractivity contribution is -0.150. The first kappa shape index (κ1) is 25.1. The average Bonchev–Trinajstić information content (AvgIpc) is 3.53. The molecule has 1 aromatic heterocycles. The second-order valence-corrected chi connectivity index (χ2v) is 9.56. The lowest BCUT2D eigenvalue weighted by Gasteiger charge is -2.28. The monoisotopic (exact) mass is 484 g/mol. The van der Waals surface area contributed by atoms with E-state index in [0.717, 1.165) is 61.8 Å². The first-order valence-corrected chi connectivity index (χ1v) is 12.7. The summed E-state index contributed by atoms with van der Waals surface area (Å²) in [6.07, 6.45) is 7.44. The molecule has 0 radical (unpaired) electrons. The fourth-order valence-corrected chi connectivity index (χ4v) is 5.07. The van der Waals surface area contributed by atoms with Crippen molar-refractivity contribution in [2.24, 2.45) is 5.92 Å². The molecule has 2 aromatic rings. The Kier molecular flexibility index (Phi) is 8.31. The van der Waals surface area contributed by atoms with E-state index in [2.05, 4.69) is 5.16 Å². The van der Waals surface area contributed by atoms with Gasteiger partial charge >= 0.3 is 12.1 Å². The van der Waals surface area contributed by atoms with E-state index in [1.54, 1.807) is 11.9 Å². The molecular weight excluding hydrogens is 448 g/mol. The smallest absolute Gasteiger partial charge is 0.410 e. The van der Waals surface area contributed by atoms with Crippen LogP contribution in [0.4, 0.5) is 4.79 Å². The van der Waals surface area contributed by atoms with Crippen molar-refractivity contribution in [2.75, 3.05) is 13.7 Å². The zero-order valence-electron chi connectivity index (χ0n) is 21.0. The van der Waals surface area contributed by atoms with E-state index in [1.807, 2.05) is 38.1 Å². The van der Waals surface area contributed by atoms with Crippen molar-refractivity contribution in [1.29, 1.82) is 0 Å². The van der Waals surface area contributed by atoms with Crippen molar-refractivity contribution in [3.63, 3.8) is 0 Å². The van der Waals surface area contributed by atoms with Crippen molar-refractivity contribution in [2.45, 2.75) is 84.0 Å². The predicted molar refractivity (Wildman–Crippen MR) is 130 cm³/mol. The van der Waals surface area contributed by atoms with Gasteiger partial charge in [0.25, 0.3) is 0 Å². The number of amides is 1. The van der Waals surface area contributed by atoms with E-state index in [1.165, 1.54) is 0 Å². The molecule has 2 unspecified atom stereocenters. The molecule has 2 aliphatic rings. The third-order valence-corrected chi connectivity index (χ3v) is 7.15. The molecule has 8 nitrogen and oxygen atoms in total. The fraction of sp³-hybridized carbons (Fsp3) is 0.593. The third-order valence-electron chi connectivity index (χ3n) is 7.15. The molecule has 2 fully saturated rings. The number of carbonyl (C=O) groups is 2. The summed E-state index contributed by atoms with van der Waals surface area (Å²) in [6, 6.07) is 7.87. The summed E-state index contributed by atoms with van der Waals surface area (Å²) < 4.78 is 22.5. The molecule has 8 heteroatoms. The minimum atomic E-state index is -0.319. The second-order valence-electron chi connectivity index (χ2n) is 9.56. The number of hydrogen-bond acceptors (Lipinski definition) is 7. The number of rotatable bonds is 8. The summed E-state index contributed by atoms with van der Waals surface area (Å²) in [5, 5.41) is 4.09. The number of benzene rings is 1. The van der Waals surface area contributed by atoms with Crippen LogP contribution in [0, 0.1) is 12.8 Å². The van der Waals surface area contributed by atoms with E-state index < -0.39 is 0 Å². The van der Waals surface area contributed by atoms with Crippen LogP contribution in [0.3, 0.4) is 0 Å². The van der Waals surface area contributed by atoms with Crippen molar-refractivity contribution < 1.29 is 28.3 Å². The molecule has 0 saturated heterocycles. The van der Waals surface area contributed by atoms with Crippen LogP contribution < -0.4 is 4.74 Å². The maximum Gasteiger partial charge on any atom is 0.410 e. The molecule has 0 aliphatic heterocycles. The number of aryl methyl sites for hydroxylation is 1. The van der Waals surface area contributed by atoms with Crippen LogP contribution in [0.1, 0.15) is 69.5 Å². The highest BCUT2D eigenvalue weighted by atomic mass is 16.6. The number of hydrogen-bond donors (Lipinski definition) is 0. The molecule has 2 atom stereocenters. The summed E-state index contributed by atoms with van der Waals surface area (Å²) in [5.41, 5.74) is 2.29. The molecule has 4 rings (SSSR count). The van der Waals surface area contributed by atoms with Gasteiger partial charge in [-0.05, 0) is 76.6 Å². The topological polar surface area (TPSA) is 91.1 Å². The van der Waals surface area contributed by atoms with Gasteiger partial charge in [0, 0.05) is 18.7 Å².